The van der Waals surface area contributed by atoms with E-state index in [0.29, 0.717) is 18.8 Å². The Bertz CT molecular complexity index is 884. The van der Waals surface area contributed by atoms with Crippen molar-refractivity contribution in [2.75, 3.05) is 20.8 Å². The lowest BCUT2D eigenvalue weighted by Gasteiger charge is -2.16. The van der Waals surface area contributed by atoms with Crippen molar-refractivity contribution in [3.63, 3.8) is 0 Å². The van der Waals surface area contributed by atoms with Crippen molar-refractivity contribution in [3.8, 4) is 11.6 Å². The van der Waals surface area contributed by atoms with Crippen LogP contribution in [0.4, 0.5) is 0 Å². The van der Waals surface area contributed by atoms with Crippen LogP contribution in [-0.4, -0.2) is 48.8 Å². The van der Waals surface area contributed by atoms with Gasteiger partial charge in [-0.15, -0.1) is 0 Å². The number of hydrogen-bond donors (Lipinski definition) is 1. The Morgan fingerprint density at radius 2 is 2.00 bits per heavy atom. The Morgan fingerprint density at radius 3 is 2.77 bits per heavy atom. The van der Waals surface area contributed by atoms with Gasteiger partial charge < -0.3 is 19.5 Å². The van der Waals surface area contributed by atoms with E-state index in [4.69, 9.17) is 24.2 Å². The summed E-state index contributed by atoms with van der Waals surface area (Å²) in [7, 11) is 3.04. The maximum Gasteiger partial charge on any atom is 0.323 e. The molecule has 7 heteroatoms. The average molecular weight is 414 g/mol. The summed E-state index contributed by atoms with van der Waals surface area (Å²) >= 11 is 0. The quantitative estimate of drug-likeness (QED) is 0.472. The summed E-state index contributed by atoms with van der Waals surface area (Å²) in [5.41, 5.74) is 2.48. The van der Waals surface area contributed by atoms with E-state index in [-0.39, 0.29) is 18.1 Å². The van der Waals surface area contributed by atoms with Gasteiger partial charge in [-0.05, 0) is 30.9 Å². The molecule has 0 bridgehead atoms. The highest BCUT2D eigenvalue weighted by molar-refractivity contribution is 5.77. The number of fused-ring (bicyclic) bond motifs is 1. The normalized spacial score (nSPS) is 21.0. The van der Waals surface area contributed by atoms with Crippen LogP contribution in [0, 0.1) is 5.92 Å². The van der Waals surface area contributed by atoms with Crippen LogP contribution in [0.15, 0.2) is 18.2 Å². The lowest BCUT2D eigenvalue weighted by molar-refractivity contribution is -0.142. The molecule has 2 aliphatic rings. The maximum atomic E-state index is 11.8. The van der Waals surface area contributed by atoms with Crippen LogP contribution in [0.3, 0.4) is 0 Å². The SMILES string of the molecule is COC(=O)[C@@H]1C[C@@H](Oc2nc3cc(OC)ccc3nc2CCCCCC2CC2)CN1. The number of aromatic nitrogens is 2. The molecular weight excluding hydrogens is 382 g/mol. The minimum absolute atomic E-state index is 0.139. The molecule has 1 saturated heterocycles. The highest BCUT2D eigenvalue weighted by Crippen LogP contribution is 2.34. The smallest absolute Gasteiger partial charge is 0.323 e. The van der Waals surface area contributed by atoms with Crippen molar-refractivity contribution < 1.29 is 19.0 Å². The van der Waals surface area contributed by atoms with Gasteiger partial charge >= 0.3 is 5.97 Å². The third-order valence-corrected chi connectivity index (χ3v) is 5.98. The van der Waals surface area contributed by atoms with E-state index >= 15 is 0 Å². The van der Waals surface area contributed by atoms with Gasteiger partial charge in [-0.2, -0.15) is 0 Å². The second kappa shape index (κ2) is 9.60. The number of ether oxygens (including phenoxy) is 3. The van der Waals surface area contributed by atoms with Crippen LogP contribution in [0.5, 0.6) is 11.6 Å². The zero-order valence-electron chi connectivity index (χ0n) is 17.9. The molecule has 2 atom stereocenters. The number of nitrogens with one attached hydrogen (secondary N) is 1. The van der Waals surface area contributed by atoms with Gasteiger partial charge in [0.15, 0.2) is 0 Å². The number of aryl methyl sites for hydroxylation is 1. The Hall–Kier alpha value is -2.41. The molecule has 2 heterocycles. The summed E-state index contributed by atoms with van der Waals surface area (Å²) in [6, 6.07) is 5.38. The summed E-state index contributed by atoms with van der Waals surface area (Å²) in [6.45, 7) is 0.582. The molecule has 0 unspecified atom stereocenters. The minimum Gasteiger partial charge on any atom is -0.497 e. The van der Waals surface area contributed by atoms with Gasteiger partial charge in [0.25, 0.3) is 0 Å². The van der Waals surface area contributed by atoms with E-state index in [1.54, 1.807) is 7.11 Å². The van der Waals surface area contributed by atoms with Gasteiger partial charge in [-0.1, -0.05) is 32.1 Å². The number of benzene rings is 1. The summed E-state index contributed by atoms with van der Waals surface area (Å²) < 4.78 is 16.4. The monoisotopic (exact) mass is 413 g/mol. The van der Waals surface area contributed by atoms with Crippen LogP contribution in [0.25, 0.3) is 11.0 Å². The Morgan fingerprint density at radius 1 is 1.13 bits per heavy atom. The van der Waals surface area contributed by atoms with Crippen molar-refractivity contribution >= 4 is 17.0 Å². The first-order valence-corrected chi connectivity index (χ1v) is 11.0. The highest BCUT2D eigenvalue weighted by Gasteiger charge is 2.32. The van der Waals surface area contributed by atoms with Gasteiger partial charge in [0.1, 0.15) is 23.6 Å². The van der Waals surface area contributed by atoms with E-state index in [9.17, 15) is 4.79 Å². The van der Waals surface area contributed by atoms with Gasteiger partial charge in [0.05, 0.1) is 25.3 Å². The minimum atomic E-state index is -0.334. The molecule has 30 heavy (non-hydrogen) atoms. The number of rotatable bonds is 10. The molecule has 2 aromatic rings. The lowest BCUT2D eigenvalue weighted by Crippen LogP contribution is -2.31. The molecule has 0 spiro atoms. The van der Waals surface area contributed by atoms with E-state index in [1.165, 1.54) is 39.2 Å². The van der Waals surface area contributed by atoms with Gasteiger partial charge in [0.2, 0.25) is 5.88 Å². The second-order valence-corrected chi connectivity index (χ2v) is 8.33. The predicted molar refractivity (Wildman–Crippen MR) is 114 cm³/mol. The van der Waals surface area contributed by atoms with Gasteiger partial charge in [-0.3, -0.25) is 4.79 Å². The van der Waals surface area contributed by atoms with Crippen LogP contribution >= 0.6 is 0 Å². The number of carbonyl (C=O) groups excluding carboxylic acids is 1. The van der Waals surface area contributed by atoms with Crippen LogP contribution in [0.1, 0.15) is 50.6 Å². The number of hydrogen-bond acceptors (Lipinski definition) is 7. The van der Waals surface area contributed by atoms with E-state index in [0.717, 1.165) is 41.2 Å². The first-order valence-electron chi connectivity index (χ1n) is 11.0. The molecule has 0 amide bonds. The number of nitrogens with zero attached hydrogens (tertiary/aromatic N) is 2. The van der Waals surface area contributed by atoms with Gasteiger partial charge in [-0.25, -0.2) is 9.97 Å². The van der Waals surface area contributed by atoms with Gasteiger partial charge in [0, 0.05) is 19.0 Å². The fourth-order valence-corrected chi connectivity index (χ4v) is 4.02. The summed E-state index contributed by atoms with van der Waals surface area (Å²) in [5, 5.41) is 3.16. The summed E-state index contributed by atoms with van der Waals surface area (Å²) in [4.78, 5) is 21.4. The zero-order valence-corrected chi connectivity index (χ0v) is 17.9. The van der Waals surface area contributed by atoms with Crippen molar-refractivity contribution in [3.05, 3.63) is 23.9 Å². The van der Waals surface area contributed by atoms with E-state index < -0.39 is 0 Å². The largest absolute Gasteiger partial charge is 0.497 e. The molecular formula is C23H31N3O4. The Kier molecular flexibility index (Phi) is 6.67. The standard InChI is InChI=1S/C23H31N3O4/c1-28-16-10-11-18-20(12-16)26-22(30-17-13-21(24-14-17)23(27)29-2)19(25-18)7-5-3-4-6-15-8-9-15/h10-12,15,17,21,24H,3-9,13-14H2,1-2H3/t17-,21+/m1/s1. The lowest BCUT2D eigenvalue weighted by atomic mass is 10.1. The first-order chi connectivity index (χ1) is 14.7. The maximum absolute atomic E-state index is 11.8. The molecule has 1 aliphatic heterocycles. The topological polar surface area (TPSA) is 82.6 Å². The predicted octanol–water partition coefficient (Wildman–Crippen LogP) is 3.43. The molecule has 1 aromatic heterocycles. The van der Waals surface area contributed by atoms with E-state index in [1.807, 2.05) is 18.2 Å². The van der Waals surface area contributed by atoms with Crippen LogP contribution < -0.4 is 14.8 Å². The fraction of sp³-hybridized carbons (Fsp3) is 0.609. The first kappa shape index (κ1) is 20.8. The van der Waals surface area contributed by atoms with E-state index in [2.05, 4.69) is 5.32 Å². The van der Waals surface area contributed by atoms with Crippen molar-refractivity contribution in [1.29, 1.82) is 0 Å². The third kappa shape index (κ3) is 5.19. The molecule has 7 nitrogen and oxygen atoms in total. The average Bonchev–Trinajstić information content (AvgIpc) is 3.48. The molecule has 2 fully saturated rings. The highest BCUT2D eigenvalue weighted by atomic mass is 16.5. The number of unbranched alkanes of at least 4 members (excludes halogenated alkanes) is 2. The molecule has 1 saturated carbocycles. The Balaban J connectivity index is 1.47. The van der Waals surface area contributed by atoms with Crippen LogP contribution in [-0.2, 0) is 16.0 Å². The fourth-order valence-electron chi connectivity index (χ4n) is 4.02. The van der Waals surface area contributed by atoms with Crippen molar-refractivity contribution in [2.24, 2.45) is 5.92 Å². The second-order valence-electron chi connectivity index (χ2n) is 8.33. The third-order valence-electron chi connectivity index (χ3n) is 5.98. The number of methoxy groups -OCH3 is 2. The molecule has 4 rings (SSSR count). The summed E-state index contributed by atoms with van der Waals surface area (Å²) in [6.07, 6.45) is 9.02. The van der Waals surface area contributed by atoms with Crippen LogP contribution in [0.2, 0.25) is 0 Å². The molecule has 0 radical (unpaired) electrons. The van der Waals surface area contributed by atoms with Crippen molar-refractivity contribution in [1.82, 2.24) is 15.3 Å². The molecule has 162 valence electrons. The van der Waals surface area contributed by atoms with Crippen molar-refractivity contribution in [2.45, 2.75) is 63.5 Å². The molecule has 1 aliphatic carbocycles. The molecule has 1 N–H and O–H groups in total. The number of esters is 1. The summed E-state index contributed by atoms with van der Waals surface area (Å²) in [5.74, 6) is 2.03. The molecule has 1 aromatic carbocycles. The Labute approximate surface area is 177 Å². The number of carbonyl (C=O) groups is 1. The zero-order chi connectivity index (χ0) is 20.9.